The summed E-state index contributed by atoms with van der Waals surface area (Å²) in [4.78, 5) is 0. The van der Waals surface area contributed by atoms with Crippen LogP contribution in [0.3, 0.4) is 0 Å². The Bertz CT molecular complexity index is 868. The predicted octanol–water partition coefficient (Wildman–Crippen LogP) is 5.75. The molecule has 0 aliphatic heterocycles. The van der Waals surface area contributed by atoms with Gasteiger partial charge >= 0.3 is 0 Å². The zero-order valence-electron chi connectivity index (χ0n) is 11.0. The summed E-state index contributed by atoms with van der Waals surface area (Å²) in [5, 5.41) is 2.60. The third-order valence-corrected chi connectivity index (χ3v) is 4.54. The zero-order chi connectivity index (χ0) is 13.5. The van der Waals surface area contributed by atoms with Crippen molar-refractivity contribution in [3.05, 3.63) is 65.2 Å². The Morgan fingerprint density at radius 3 is 2.60 bits per heavy atom. The van der Waals surface area contributed by atoms with E-state index < -0.39 is 0 Å². The Kier molecular flexibility index (Phi) is 2.78. The number of aromatic nitrogens is 1. The average Bonchev–Trinajstić information content (AvgIpc) is 2.84. The average molecular weight is 324 g/mol. The van der Waals surface area contributed by atoms with Crippen LogP contribution in [0.15, 0.2) is 65.2 Å². The third kappa shape index (κ3) is 1.68. The van der Waals surface area contributed by atoms with Crippen molar-refractivity contribution in [2.45, 2.75) is 12.8 Å². The minimum absolute atomic E-state index is 1.12. The van der Waals surface area contributed by atoms with Gasteiger partial charge < -0.3 is 4.57 Å². The first-order valence-electron chi connectivity index (χ1n) is 6.91. The summed E-state index contributed by atoms with van der Waals surface area (Å²) in [5.74, 6) is 0. The van der Waals surface area contributed by atoms with Gasteiger partial charge in [0.1, 0.15) is 0 Å². The molecule has 20 heavy (non-hydrogen) atoms. The second-order valence-corrected chi connectivity index (χ2v) is 5.95. The number of nitrogens with zero attached hydrogens (tertiary/aromatic N) is 1. The SMILES string of the molecule is Brc1cccc2c1c1ccccc1n2C1=CCCC=C1. The normalized spacial score (nSPS) is 14.9. The summed E-state index contributed by atoms with van der Waals surface area (Å²) < 4.78 is 3.52. The Hall–Kier alpha value is -1.80. The first-order chi connectivity index (χ1) is 9.86. The van der Waals surface area contributed by atoms with Gasteiger partial charge in [-0.25, -0.2) is 0 Å². The highest BCUT2D eigenvalue weighted by Crippen LogP contribution is 2.36. The van der Waals surface area contributed by atoms with Crippen LogP contribution in [0.4, 0.5) is 0 Å². The van der Waals surface area contributed by atoms with Crippen molar-refractivity contribution >= 4 is 43.4 Å². The number of hydrogen-bond donors (Lipinski definition) is 0. The zero-order valence-corrected chi connectivity index (χ0v) is 12.6. The van der Waals surface area contributed by atoms with Crippen LogP contribution in [0, 0.1) is 0 Å². The summed E-state index contributed by atoms with van der Waals surface area (Å²) in [6, 6.07) is 15.0. The van der Waals surface area contributed by atoms with E-state index in [0.717, 1.165) is 17.3 Å². The lowest BCUT2D eigenvalue weighted by Gasteiger charge is -2.11. The van der Waals surface area contributed by atoms with Crippen molar-refractivity contribution < 1.29 is 0 Å². The fourth-order valence-corrected chi connectivity index (χ4v) is 3.59. The maximum absolute atomic E-state index is 3.70. The number of para-hydroxylation sites is 1. The molecule has 1 aliphatic rings. The molecule has 0 fully saturated rings. The first kappa shape index (κ1) is 12.0. The molecule has 2 heteroatoms. The minimum Gasteiger partial charge on any atom is -0.310 e. The fraction of sp³-hybridized carbons (Fsp3) is 0.111. The van der Waals surface area contributed by atoms with E-state index in [2.05, 4.69) is 81.2 Å². The van der Waals surface area contributed by atoms with Crippen molar-refractivity contribution in [1.29, 1.82) is 0 Å². The molecule has 1 aliphatic carbocycles. The molecule has 0 saturated heterocycles. The molecule has 1 nitrogen and oxygen atoms in total. The van der Waals surface area contributed by atoms with E-state index in [-0.39, 0.29) is 0 Å². The fourth-order valence-electron chi connectivity index (χ4n) is 3.02. The molecular weight excluding hydrogens is 310 g/mol. The third-order valence-electron chi connectivity index (χ3n) is 3.88. The van der Waals surface area contributed by atoms with Crippen molar-refractivity contribution in [1.82, 2.24) is 4.57 Å². The first-order valence-corrected chi connectivity index (χ1v) is 7.70. The molecule has 0 saturated carbocycles. The Morgan fingerprint density at radius 2 is 1.75 bits per heavy atom. The summed E-state index contributed by atoms with van der Waals surface area (Å²) in [5.41, 5.74) is 3.81. The van der Waals surface area contributed by atoms with Crippen LogP contribution in [-0.2, 0) is 0 Å². The minimum atomic E-state index is 1.12. The molecule has 0 unspecified atom stereocenters. The van der Waals surface area contributed by atoms with Gasteiger partial charge in [-0.15, -0.1) is 0 Å². The van der Waals surface area contributed by atoms with E-state index >= 15 is 0 Å². The molecule has 98 valence electrons. The second kappa shape index (κ2) is 4.64. The van der Waals surface area contributed by atoms with Gasteiger partial charge in [0, 0.05) is 20.9 Å². The summed E-state index contributed by atoms with van der Waals surface area (Å²) >= 11 is 3.70. The molecule has 0 atom stereocenters. The Balaban J connectivity index is 2.19. The van der Waals surface area contributed by atoms with Crippen LogP contribution in [0.5, 0.6) is 0 Å². The molecule has 0 N–H and O–H groups in total. The highest BCUT2D eigenvalue weighted by Gasteiger charge is 2.14. The lowest BCUT2D eigenvalue weighted by Crippen LogP contribution is -1.96. The van der Waals surface area contributed by atoms with Gasteiger partial charge in [0.15, 0.2) is 0 Å². The number of hydrogen-bond acceptors (Lipinski definition) is 0. The van der Waals surface area contributed by atoms with Gasteiger partial charge in [0.2, 0.25) is 0 Å². The van der Waals surface area contributed by atoms with Crippen molar-refractivity contribution in [3.63, 3.8) is 0 Å². The van der Waals surface area contributed by atoms with E-state index in [9.17, 15) is 0 Å². The van der Waals surface area contributed by atoms with E-state index in [1.54, 1.807) is 0 Å². The number of fused-ring (bicyclic) bond motifs is 3. The quantitative estimate of drug-likeness (QED) is 0.537. The topological polar surface area (TPSA) is 4.93 Å². The molecule has 4 rings (SSSR count). The molecule has 2 aromatic carbocycles. The van der Waals surface area contributed by atoms with Crippen LogP contribution in [0.2, 0.25) is 0 Å². The molecule has 1 aromatic heterocycles. The van der Waals surface area contributed by atoms with Gasteiger partial charge in [-0.1, -0.05) is 52.3 Å². The van der Waals surface area contributed by atoms with Gasteiger partial charge in [0.25, 0.3) is 0 Å². The molecular formula is C18H14BrN. The van der Waals surface area contributed by atoms with Crippen LogP contribution in [-0.4, -0.2) is 4.57 Å². The smallest absolute Gasteiger partial charge is 0.0552 e. The highest BCUT2D eigenvalue weighted by atomic mass is 79.9. The van der Waals surface area contributed by atoms with E-state index in [1.165, 1.54) is 27.5 Å². The van der Waals surface area contributed by atoms with Crippen LogP contribution in [0.25, 0.3) is 27.5 Å². The Labute approximate surface area is 126 Å². The molecule has 0 spiro atoms. The number of benzene rings is 2. The summed E-state index contributed by atoms with van der Waals surface area (Å²) in [6.45, 7) is 0. The number of rotatable bonds is 1. The molecule has 0 amide bonds. The molecule has 3 aromatic rings. The maximum atomic E-state index is 3.70. The number of halogens is 1. The van der Waals surface area contributed by atoms with Crippen LogP contribution < -0.4 is 0 Å². The predicted molar refractivity (Wildman–Crippen MR) is 89.8 cm³/mol. The van der Waals surface area contributed by atoms with Crippen LogP contribution >= 0.6 is 15.9 Å². The van der Waals surface area contributed by atoms with Crippen LogP contribution in [0.1, 0.15) is 12.8 Å². The standard InChI is InChI=1S/C18H14BrN/c19-15-10-6-12-17-18(15)14-9-4-5-11-16(14)20(17)13-7-2-1-3-8-13/h2,4-12H,1,3H2. The highest BCUT2D eigenvalue weighted by molar-refractivity contribution is 9.10. The van der Waals surface area contributed by atoms with Crippen molar-refractivity contribution in [3.8, 4) is 0 Å². The summed E-state index contributed by atoms with van der Waals surface area (Å²) in [6.07, 6.45) is 9.08. The van der Waals surface area contributed by atoms with E-state index in [4.69, 9.17) is 0 Å². The van der Waals surface area contributed by atoms with E-state index in [0.29, 0.717) is 0 Å². The van der Waals surface area contributed by atoms with Gasteiger partial charge in [-0.3, -0.25) is 0 Å². The Morgan fingerprint density at radius 1 is 0.900 bits per heavy atom. The summed E-state index contributed by atoms with van der Waals surface area (Å²) in [7, 11) is 0. The lowest BCUT2D eigenvalue weighted by molar-refractivity contribution is 1.02. The molecule has 0 radical (unpaired) electrons. The number of allylic oxidation sites excluding steroid dienone is 4. The van der Waals surface area contributed by atoms with Gasteiger partial charge in [0.05, 0.1) is 11.0 Å². The van der Waals surface area contributed by atoms with Gasteiger partial charge in [-0.2, -0.15) is 0 Å². The monoisotopic (exact) mass is 323 g/mol. The van der Waals surface area contributed by atoms with E-state index in [1.807, 2.05) is 0 Å². The lowest BCUT2D eigenvalue weighted by atomic mass is 10.1. The molecule has 1 heterocycles. The largest absolute Gasteiger partial charge is 0.310 e. The molecule has 0 bridgehead atoms. The van der Waals surface area contributed by atoms with Gasteiger partial charge in [-0.05, 0) is 37.1 Å². The van der Waals surface area contributed by atoms with Crippen molar-refractivity contribution in [2.75, 3.05) is 0 Å². The maximum Gasteiger partial charge on any atom is 0.0552 e. The second-order valence-electron chi connectivity index (χ2n) is 5.10. The van der Waals surface area contributed by atoms with Crippen molar-refractivity contribution in [2.24, 2.45) is 0 Å².